The van der Waals surface area contributed by atoms with E-state index in [1.54, 1.807) is 0 Å². The largest absolute Gasteiger partial charge is 0.479 e. The third-order valence-electron chi connectivity index (χ3n) is 5.49. The zero-order valence-electron chi connectivity index (χ0n) is 16.4. The van der Waals surface area contributed by atoms with Crippen LogP contribution in [0.5, 0.6) is 0 Å². The van der Waals surface area contributed by atoms with Crippen LogP contribution in [0.1, 0.15) is 29.2 Å². The first-order valence-electron chi connectivity index (χ1n) is 9.57. The summed E-state index contributed by atoms with van der Waals surface area (Å²) in [5.74, 6) is -1.24. The molecule has 0 aromatic heterocycles. The van der Waals surface area contributed by atoms with E-state index in [0.29, 0.717) is 5.57 Å². The number of aliphatic hydroxyl groups excluding tert-OH is 1. The molecule has 0 spiro atoms. The molecule has 4 rings (SSSR count). The Morgan fingerprint density at radius 3 is 2.24 bits per heavy atom. The van der Waals surface area contributed by atoms with Crippen molar-refractivity contribution < 1.29 is 15.0 Å². The summed E-state index contributed by atoms with van der Waals surface area (Å²) in [5.41, 5.74) is 8.24. The summed E-state index contributed by atoms with van der Waals surface area (Å²) in [6.45, 7) is 3.83. The minimum Gasteiger partial charge on any atom is -0.479 e. The maximum atomic E-state index is 11.6. The Balaban J connectivity index is 1.94. The first kappa shape index (κ1) is 18.9. The van der Waals surface area contributed by atoms with Gasteiger partial charge >= 0.3 is 5.97 Å². The van der Waals surface area contributed by atoms with Crippen LogP contribution in [0.15, 0.2) is 78.4 Å². The Morgan fingerprint density at radius 1 is 0.862 bits per heavy atom. The Labute approximate surface area is 170 Å². The quantitative estimate of drug-likeness (QED) is 0.632. The van der Waals surface area contributed by atoms with Gasteiger partial charge in [-0.15, -0.1) is 0 Å². The van der Waals surface area contributed by atoms with E-state index in [-0.39, 0.29) is 0 Å². The predicted octanol–water partition coefficient (Wildman–Crippen LogP) is 5.44. The predicted molar refractivity (Wildman–Crippen MR) is 117 cm³/mol. The third-order valence-corrected chi connectivity index (χ3v) is 5.49. The summed E-state index contributed by atoms with van der Waals surface area (Å²) in [6, 6.07) is 24.2. The van der Waals surface area contributed by atoms with Gasteiger partial charge in [0, 0.05) is 5.57 Å². The van der Waals surface area contributed by atoms with Gasteiger partial charge in [0.25, 0.3) is 0 Å². The minimum atomic E-state index is -1.55. The molecule has 0 saturated heterocycles. The fourth-order valence-corrected chi connectivity index (χ4v) is 4.09. The van der Waals surface area contributed by atoms with Gasteiger partial charge < -0.3 is 10.2 Å². The Bertz CT molecular complexity index is 1150. The summed E-state index contributed by atoms with van der Waals surface area (Å²) in [7, 11) is 0. The monoisotopic (exact) mass is 382 g/mol. The number of aryl methyl sites for hydroxylation is 1. The summed E-state index contributed by atoms with van der Waals surface area (Å²) in [5, 5.41) is 19.8. The molecule has 3 nitrogen and oxygen atoms in total. The molecular formula is C26H22O3. The van der Waals surface area contributed by atoms with Gasteiger partial charge in [-0.1, -0.05) is 72.8 Å². The highest BCUT2D eigenvalue weighted by Crippen LogP contribution is 2.45. The molecule has 0 fully saturated rings. The number of aliphatic hydroxyl groups is 1. The van der Waals surface area contributed by atoms with Crippen molar-refractivity contribution in [3.8, 4) is 11.1 Å². The number of fused-ring (bicyclic) bond motifs is 1. The molecule has 0 bridgehead atoms. The van der Waals surface area contributed by atoms with E-state index in [1.807, 2.05) is 62.4 Å². The standard InChI is InChI=1S/C26H22O3/c1-16-9-8-14-21-22(17(2)24(23(16)21)25(27)26(28)29)15-19-12-6-7-13-20(19)18-10-4-3-5-11-18/h3-15,25,27H,1-2H3,(H,28,29)/b22-15-. The summed E-state index contributed by atoms with van der Waals surface area (Å²) < 4.78 is 0. The van der Waals surface area contributed by atoms with Gasteiger partial charge in [0.2, 0.25) is 0 Å². The molecule has 0 saturated carbocycles. The van der Waals surface area contributed by atoms with Gasteiger partial charge in [-0.05, 0) is 64.5 Å². The van der Waals surface area contributed by atoms with Gasteiger partial charge in [0.15, 0.2) is 6.10 Å². The average Bonchev–Trinajstić information content (AvgIpc) is 3.01. The van der Waals surface area contributed by atoms with Crippen molar-refractivity contribution in [1.29, 1.82) is 0 Å². The van der Waals surface area contributed by atoms with Crippen molar-refractivity contribution in [2.45, 2.75) is 20.0 Å². The van der Waals surface area contributed by atoms with E-state index in [4.69, 9.17) is 0 Å². The van der Waals surface area contributed by atoms with E-state index in [1.165, 1.54) is 0 Å². The van der Waals surface area contributed by atoms with Gasteiger partial charge in [0.05, 0.1) is 0 Å². The van der Waals surface area contributed by atoms with Crippen LogP contribution >= 0.6 is 0 Å². The lowest BCUT2D eigenvalue weighted by Crippen LogP contribution is -2.21. The normalized spacial score (nSPS) is 15.5. The van der Waals surface area contributed by atoms with E-state index < -0.39 is 12.1 Å². The number of carboxylic acids is 1. The molecule has 0 aliphatic heterocycles. The third kappa shape index (κ3) is 3.30. The van der Waals surface area contributed by atoms with Gasteiger partial charge in [-0.25, -0.2) is 4.79 Å². The van der Waals surface area contributed by atoms with Crippen molar-refractivity contribution in [3.05, 3.63) is 101 Å². The number of hydrogen-bond acceptors (Lipinski definition) is 2. The van der Waals surface area contributed by atoms with Crippen LogP contribution in [-0.4, -0.2) is 22.3 Å². The molecule has 3 heteroatoms. The van der Waals surface area contributed by atoms with Crippen LogP contribution in [0.2, 0.25) is 0 Å². The van der Waals surface area contributed by atoms with E-state index in [2.05, 4.69) is 30.3 Å². The molecule has 1 unspecified atom stereocenters. The van der Waals surface area contributed by atoms with Crippen molar-refractivity contribution in [2.24, 2.45) is 0 Å². The molecule has 0 radical (unpaired) electrons. The summed E-state index contributed by atoms with van der Waals surface area (Å²) in [6.07, 6.45) is 0.544. The zero-order chi connectivity index (χ0) is 20.5. The van der Waals surface area contributed by atoms with Crippen molar-refractivity contribution in [1.82, 2.24) is 0 Å². The van der Waals surface area contributed by atoms with Gasteiger partial charge in [-0.2, -0.15) is 0 Å². The van der Waals surface area contributed by atoms with Crippen LogP contribution in [0, 0.1) is 6.92 Å². The molecule has 3 aromatic carbocycles. The SMILES string of the molecule is CC1=C(C(O)C(=O)O)c2c(C)cccc2/C1=C\c1ccccc1-c1ccccc1. The second-order valence-corrected chi connectivity index (χ2v) is 7.29. The lowest BCUT2D eigenvalue weighted by atomic mass is 9.94. The van der Waals surface area contributed by atoms with E-state index in [9.17, 15) is 15.0 Å². The molecule has 29 heavy (non-hydrogen) atoms. The number of carbonyl (C=O) groups is 1. The van der Waals surface area contributed by atoms with Crippen molar-refractivity contribution in [3.63, 3.8) is 0 Å². The van der Waals surface area contributed by atoms with Crippen molar-refractivity contribution in [2.75, 3.05) is 0 Å². The van der Waals surface area contributed by atoms with E-state index in [0.717, 1.165) is 44.5 Å². The lowest BCUT2D eigenvalue weighted by Gasteiger charge is -2.12. The lowest BCUT2D eigenvalue weighted by molar-refractivity contribution is -0.143. The average molecular weight is 382 g/mol. The highest BCUT2D eigenvalue weighted by atomic mass is 16.4. The molecule has 1 aliphatic carbocycles. The number of aliphatic carboxylic acids is 1. The van der Waals surface area contributed by atoms with Crippen LogP contribution < -0.4 is 0 Å². The second-order valence-electron chi connectivity index (χ2n) is 7.29. The maximum absolute atomic E-state index is 11.6. The Kier molecular flexibility index (Phi) is 4.91. The minimum absolute atomic E-state index is 0.481. The van der Waals surface area contributed by atoms with Crippen LogP contribution in [0.25, 0.3) is 28.3 Å². The topological polar surface area (TPSA) is 57.5 Å². The molecule has 0 amide bonds. The first-order valence-corrected chi connectivity index (χ1v) is 9.57. The number of carboxylic acid groups (broad SMARTS) is 1. The maximum Gasteiger partial charge on any atom is 0.337 e. The smallest absolute Gasteiger partial charge is 0.337 e. The first-order chi connectivity index (χ1) is 14.0. The van der Waals surface area contributed by atoms with Crippen LogP contribution in [-0.2, 0) is 4.79 Å². The molecule has 3 aromatic rings. The highest BCUT2D eigenvalue weighted by Gasteiger charge is 2.32. The Hall–Kier alpha value is -3.43. The molecule has 144 valence electrons. The number of rotatable bonds is 4. The fraction of sp³-hybridized carbons (Fsp3) is 0.115. The van der Waals surface area contributed by atoms with E-state index >= 15 is 0 Å². The number of allylic oxidation sites excluding steroid dienone is 2. The highest BCUT2D eigenvalue weighted by molar-refractivity contribution is 6.10. The van der Waals surface area contributed by atoms with Gasteiger partial charge in [-0.3, -0.25) is 0 Å². The van der Waals surface area contributed by atoms with Crippen LogP contribution in [0.3, 0.4) is 0 Å². The molecular weight excluding hydrogens is 360 g/mol. The van der Waals surface area contributed by atoms with Crippen LogP contribution in [0.4, 0.5) is 0 Å². The number of hydrogen-bond donors (Lipinski definition) is 2. The fourth-order valence-electron chi connectivity index (χ4n) is 4.09. The molecule has 2 N–H and O–H groups in total. The zero-order valence-corrected chi connectivity index (χ0v) is 16.4. The molecule has 1 aliphatic rings. The summed E-state index contributed by atoms with van der Waals surface area (Å²) >= 11 is 0. The molecule has 1 atom stereocenters. The summed E-state index contributed by atoms with van der Waals surface area (Å²) in [4.78, 5) is 11.6. The Morgan fingerprint density at radius 2 is 1.52 bits per heavy atom. The molecule has 0 heterocycles. The van der Waals surface area contributed by atoms with Gasteiger partial charge in [0.1, 0.15) is 0 Å². The number of benzene rings is 3. The van der Waals surface area contributed by atoms with Crippen molar-refractivity contribution >= 4 is 23.2 Å². The second kappa shape index (κ2) is 7.53.